The number of hydrogen-bond donors (Lipinski definition) is 2. The van der Waals surface area contributed by atoms with Crippen molar-refractivity contribution in [2.75, 3.05) is 0 Å². The molecule has 12 heavy (non-hydrogen) atoms. The van der Waals surface area contributed by atoms with E-state index in [0.29, 0.717) is 0 Å². The van der Waals surface area contributed by atoms with Crippen molar-refractivity contribution in [2.24, 2.45) is 0 Å². The number of nitrogens with zero attached hydrogens (tertiary/aromatic N) is 4. The van der Waals surface area contributed by atoms with Gasteiger partial charge in [0.1, 0.15) is 0 Å². The predicted octanol–water partition coefficient (Wildman–Crippen LogP) is -2.80. The minimum atomic E-state index is 0.287. The van der Waals surface area contributed by atoms with Gasteiger partial charge in [0.05, 0.1) is 0 Å². The van der Waals surface area contributed by atoms with Gasteiger partial charge in [0.2, 0.25) is 0 Å². The third-order valence-corrected chi connectivity index (χ3v) is 6.76. The normalized spacial score (nSPS) is 10.3. The fraction of sp³-hybridized carbons (Fsp3) is 0. The van der Waals surface area contributed by atoms with Crippen molar-refractivity contribution < 1.29 is 0 Å². The molecule has 2 aromatic heterocycles. The van der Waals surface area contributed by atoms with Gasteiger partial charge in [-0.05, 0) is 0 Å². The molecule has 0 spiro atoms. The second-order valence-electron chi connectivity index (χ2n) is 1.73. The van der Waals surface area contributed by atoms with Crippen LogP contribution in [-0.4, -0.2) is 56.6 Å². The fourth-order valence-electron chi connectivity index (χ4n) is 0.549. The number of hydrogen-bond acceptors (Lipinski definition) is 4. The van der Waals surface area contributed by atoms with Gasteiger partial charge >= 0.3 is 78.7 Å². The molecule has 0 atom stereocenters. The number of aromatic amines is 2. The molecular formula is C4H4N6Se2. The molecule has 0 aliphatic heterocycles. The summed E-state index contributed by atoms with van der Waals surface area (Å²) in [5.41, 5.74) is 0. The average molecular weight is 294 g/mol. The van der Waals surface area contributed by atoms with E-state index in [0.717, 1.165) is 9.45 Å². The SMILES string of the molecule is c1nc([Se][Se]c2nc[nH]n2)n[nH]1. The zero-order valence-corrected chi connectivity index (χ0v) is 9.19. The molecule has 0 saturated carbocycles. The first-order chi connectivity index (χ1) is 5.95. The maximum absolute atomic E-state index is 4.03. The van der Waals surface area contributed by atoms with Crippen LogP contribution in [0.3, 0.4) is 0 Å². The summed E-state index contributed by atoms with van der Waals surface area (Å²) >= 11 is 0.574. The van der Waals surface area contributed by atoms with E-state index in [-0.39, 0.29) is 26.3 Å². The van der Waals surface area contributed by atoms with E-state index in [1.54, 1.807) is 12.7 Å². The van der Waals surface area contributed by atoms with Gasteiger partial charge in [0, 0.05) is 0 Å². The Hall–Kier alpha value is -0.681. The molecule has 2 N–H and O–H groups in total. The molecule has 0 radical (unpaired) electrons. The van der Waals surface area contributed by atoms with Gasteiger partial charge in [-0.3, -0.25) is 0 Å². The number of nitrogens with one attached hydrogen (secondary N) is 2. The predicted molar refractivity (Wildman–Crippen MR) is 43.5 cm³/mol. The van der Waals surface area contributed by atoms with E-state index in [9.17, 15) is 0 Å². The van der Waals surface area contributed by atoms with Gasteiger partial charge in [0.25, 0.3) is 0 Å². The Morgan fingerprint density at radius 1 is 0.917 bits per heavy atom. The standard InChI is InChI=1S/C4H4N6Se2/c1-5-3(9-7-1)11-12-4-6-2-8-10-4/h1-2H,(H,5,7,9)(H,6,8,10). The van der Waals surface area contributed by atoms with E-state index >= 15 is 0 Å². The molecule has 62 valence electrons. The van der Waals surface area contributed by atoms with Crippen molar-refractivity contribution in [1.29, 1.82) is 0 Å². The average Bonchev–Trinajstić information content (AvgIpc) is 2.74. The monoisotopic (exact) mass is 296 g/mol. The first kappa shape index (κ1) is 7.94. The number of H-pyrrole nitrogens is 2. The Kier molecular flexibility index (Phi) is 2.53. The molecule has 0 aromatic carbocycles. The van der Waals surface area contributed by atoms with Crippen LogP contribution in [-0.2, 0) is 0 Å². The summed E-state index contributed by atoms with van der Waals surface area (Å²) in [5.74, 6) is 0. The Labute approximate surface area is 78.8 Å². The van der Waals surface area contributed by atoms with Crippen molar-refractivity contribution >= 4 is 35.7 Å². The summed E-state index contributed by atoms with van der Waals surface area (Å²) in [6.45, 7) is 0. The fourth-order valence-corrected chi connectivity index (χ4v) is 5.02. The topological polar surface area (TPSA) is 83.1 Å². The molecule has 0 aliphatic rings. The Morgan fingerprint density at radius 3 is 1.75 bits per heavy atom. The Bertz CT molecular complexity index is 281. The van der Waals surface area contributed by atoms with Crippen molar-refractivity contribution in [3.05, 3.63) is 12.7 Å². The molecule has 0 fully saturated rings. The molecule has 0 aliphatic carbocycles. The van der Waals surface area contributed by atoms with E-state index in [4.69, 9.17) is 0 Å². The van der Waals surface area contributed by atoms with Crippen LogP contribution in [0.2, 0.25) is 0 Å². The number of aromatic nitrogens is 6. The molecule has 0 unspecified atom stereocenters. The minimum absolute atomic E-state index is 0.287. The third kappa shape index (κ3) is 1.92. The summed E-state index contributed by atoms with van der Waals surface area (Å²) in [5, 5.41) is 13.3. The summed E-state index contributed by atoms with van der Waals surface area (Å²) in [4.78, 5) is 8.05. The molecule has 2 rings (SSSR count). The summed E-state index contributed by atoms with van der Waals surface area (Å²) < 4.78 is 1.76. The van der Waals surface area contributed by atoms with Crippen LogP contribution in [0.25, 0.3) is 0 Å². The van der Waals surface area contributed by atoms with Gasteiger partial charge < -0.3 is 0 Å². The van der Waals surface area contributed by atoms with Gasteiger partial charge in [-0.2, -0.15) is 0 Å². The molecular weight excluding hydrogens is 290 g/mol. The van der Waals surface area contributed by atoms with Gasteiger partial charge in [-0.25, -0.2) is 0 Å². The summed E-state index contributed by atoms with van der Waals surface area (Å²) in [6, 6.07) is 0. The molecule has 0 amide bonds. The van der Waals surface area contributed by atoms with Crippen LogP contribution in [0.4, 0.5) is 0 Å². The van der Waals surface area contributed by atoms with Gasteiger partial charge in [-0.1, -0.05) is 0 Å². The maximum atomic E-state index is 4.03. The zero-order chi connectivity index (χ0) is 8.23. The van der Waals surface area contributed by atoms with Crippen LogP contribution in [0.5, 0.6) is 0 Å². The van der Waals surface area contributed by atoms with E-state index in [2.05, 4.69) is 30.4 Å². The van der Waals surface area contributed by atoms with Crippen LogP contribution in [0.1, 0.15) is 0 Å². The van der Waals surface area contributed by atoms with E-state index < -0.39 is 0 Å². The second kappa shape index (κ2) is 3.82. The Morgan fingerprint density at radius 2 is 1.42 bits per heavy atom. The first-order valence-electron chi connectivity index (χ1n) is 3.01. The van der Waals surface area contributed by atoms with Crippen molar-refractivity contribution in [1.82, 2.24) is 30.4 Å². The van der Waals surface area contributed by atoms with Crippen LogP contribution >= 0.6 is 0 Å². The quantitative estimate of drug-likeness (QED) is 0.599. The molecule has 0 bridgehead atoms. The summed E-state index contributed by atoms with van der Waals surface area (Å²) in [6.07, 6.45) is 3.18. The van der Waals surface area contributed by atoms with Gasteiger partial charge in [-0.15, -0.1) is 0 Å². The van der Waals surface area contributed by atoms with E-state index in [1.165, 1.54) is 0 Å². The van der Waals surface area contributed by atoms with Crippen molar-refractivity contribution in [3.63, 3.8) is 0 Å². The molecule has 8 heteroatoms. The Balaban J connectivity index is 1.91. The first-order valence-corrected chi connectivity index (χ1v) is 9.06. The molecule has 2 heterocycles. The van der Waals surface area contributed by atoms with Crippen LogP contribution in [0.15, 0.2) is 12.7 Å². The molecule has 0 saturated heterocycles. The van der Waals surface area contributed by atoms with Crippen LogP contribution in [0, 0.1) is 0 Å². The van der Waals surface area contributed by atoms with Crippen molar-refractivity contribution in [2.45, 2.75) is 0 Å². The van der Waals surface area contributed by atoms with Gasteiger partial charge in [0.15, 0.2) is 0 Å². The van der Waals surface area contributed by atoms with E-state index in [1.807, 2.05) is 0 Å². The van der Waals surface area contributed by atoms with Crippen molar-refractivity contribution in [3.8, 4) is 0 Å². The zero-order valence-electron chi connectivity index (χ0n) is 5.76. The third-order valence-electron chi connectivity index (χ3n) is 0.977. The molecule has 6 nitrogen and oxygen atoms in total. The second-order valence-corrected chi connectivity index (χ2v) is 7.60. The summed E-state index contributed by atoms with van der Waals surface area (Å²) in [7, 11) is 0. The van der Waals surface area contributed by atoms with Crippen LogP contribution < -0.4 is 9.45 Å². The molecule has 2 aromatic rings. The number of rotatable bonds is 3.